The van der Waals surface area contributed by atoms with Gasteiger partial charge in [-0.15, -0.1) is 0 Å². The molecular formula is C5H16NO3P. The van der Waals surface area contributed by atoms with Crippen molar-refractivity contribution >= 4 is 8.25 Å². The van der Waals surface area contributed by atoms with E-state index in [0.29, 0.717) is 0 Å². The fourth-order valence-corrected chi connectivity index (χ4v) is 0.224. The van der Waals surface area contributed by atoms with Crippen LogP contribution in [0.5, 0.6) is 0 Å². The third-order valence-corrected chi connectivity index (χ3v) is 1.08. The van der Waals surface area contributed by atoms with E-state index in [4.69, 9.17) is 14.4 Å². The van der Waals surface area contributed by atoms with Crippen LogP contribution in [0.25, 0.3) is 0 Å². The molecule has 10 heavy (non-hydrogen) atoms. The lowest BCUT2D eigenvalue weighted by molar-refractivity contribution is 0.373. The molecule has 64 valence electrons. The Morgan fingerprint density at radius 1 is 1.30 bits per heavy atom. The summed E-state index contributed by atoms with van der Waals surface area (Å²) >= 11 is 0. The molecule has 0 heterocycles. The minimum Gasteiger partial charge on any atom is -0.326 e. The average Bonchev–Trinajstić information content (AvgIpc) is 1.85. The number of hydrogen-bond acceptors (Lipinski definition) is 2. The smallest absolute Gasteiger partial charge is 0.314 e. The molecule has 0 aromatic heterocycles. The molecule has 0 bridgehead atoms. The summed E-state index contributed by atoms with van der Waals surface area (Å²) in [4.78, 5) is 16.6. The zero-order chi connectivity index (χ0) is 8.57. The van der Waals surface area contributed by atoms with E-state index < -0.39 is 8.25 Å². The second kappa shape index (κ2) is 9.11. The molecule has 0 aromatic rings. The Labute approximate surface area is 62.4 Å². The average molecular weight is 169 g/mol. The van der Waals surface area contributed by atoms with Crippen LogP contribution in [0.2, 0.25) is 0 Å². The third kappa shape index (κ3) is 24.3. The van der Waals surface area contributed by atoms with Gasteiger partial charge in [0.25, 0.3) is 0 Å². The quantitative estimate of drug-likeness (QED) is 0.584. The van der Waals surface area contributed by atoms with Gasteiger partial charge in [0.1, 0.15) is 0 Å². The number of hydrogen-bond donors (Lipinski definition) is 2. The molecule has 4 nitrogen and oxygen atoms in total. The van der Waals surface area contributed by atoms with Crippen molar-refractivity contribution in [3.8, 4) is 0 Å². The molecule has 2 N–H and O–H groups in total. The van der Waals surface area contributed by atoms with Crippen LogP contribution in [-0.2, 0) is 4.57 Å². The van der Waals surface area contributed by atoms with Crippen LogP contribution < -0.4 is 0 Å². The predicted molar refractivity (Wildman–Crippen MR) is 42.3 cm³/mol. The predicted octanol–water partition coefficient (Wildman–Crippen LogP) is 0.319. The van der Waals surface area contributed by atoms with Crippen LogP contribution in [0.3, 0.4) is 0 Å². The van der Waals surface area contributed by atoms with Gasteiger partial charge in [-0.3, -0.25) is 4.57 Å². The van der Waals surface area contributed by atoms with Gasteiger partial charge in [-0.25, -0.2) is 0 Å². The van der Waals surface area contributed by atoms with Gasteiger partial charge in [0.2, 0.25) is 0 Å². The molecule has 0 aromatic carbocycles. The lowest BCUT2D eigenvalue weighted by Gasteiger charge is -2.07. The van der Waals surface area contributed by atoms with Gasteiger partial charge in [-0.05, 0) is 20.1 Å². The van der Waals surface area contributed by atoms with Crippen molar-refractivity contribution in [1.29, 1.82) is 0 Å². The first-order chi connectivity index (χ1) is 4.54. The third-order valence-electron chi connectivity index (χ3n) is 1.08. The van der Waals surface area contributed by atoms with Crippen molar-refractivity contribution in [2.24, 2.45) is 0 Å². The maximum absolute atomic E-state index is 8.74. The van der Waals surface area contributed by atoms with E-state index in [9.17, 15) is 0 Å². The van der Waals surface area contributed by atoms with E-state index in [2.05, 4.69) is 25.8 Å². The van der Waals surface area contributed by atoms with Crippen molar-refractivity contribution in [2.75, 3.05) is 20.1 Å². The largest absolute Gasteiger partial charge is 0.326 e. The summed E-state index contributed by atoms with van der Waals surface area (Å²) in [5, 5.41) is 0. The zero-order valence-corrected chi connectivity index (χ0v) is 7.66. The van der Waals surface area contributed by atoms with Crippen LogP contribution in [0.4, 0.5) is 0 Å². The SMILES string of the molecule is CCN(C)CC.O=[PH](O)O. The monoisotopic (exact) mass is 169 g/mol. The molecule has 0 unspecified atom stereocenters. The lowest BCUT2D eigenvalue weighted by atomic mass is 10.6. The van der Waals surface area contributed by atoms with Gasteiger partial charge < -0.3 is 14.7 Å². The van der Waals surface area contributed by atoms with Crippen molar-refractivity contribution in [1.82, 2.24) is 4.90 Å². The molecule has 0 radical (unpaired) electrons. The number of rotatable bonds is 2. The van der Waals surface area contributed by atoms with Gasteiger partial charge in [0, 0.05) is 0 Å². The zero-order valence-electron chi connectivity index (χ0n) is 6.66. The number of nitrogens with zero attached hydrogens (tertiary/aromatic N) is 1. The summed E-state index contributed by atoms with van der Waals surface area (Å²) in [7, 11) is -1.02. The molecule has 0 atom stereocenters. The van der Waals surface area contributed by atoms with E-state index in [1.807, 2.05) is 0 Å². The maximum Gasteiger partial charge on any atom is 0.314 e. The molecule has 0 aliphatic carbocycles. The Kier molecular flexibility index (Phi) is 11.6. The van der Waals surface area contributed by atoms with Crippen LogP contribution in [0, 0.1) is 0 Å². The first-order valence-electron chi connectivity index (χ1n) is 3.15. The van der Waals surface area contributed by atoms with E-state index in [-0.39, 0.29) is 0 Å². The van der Waals surface area contributed by atoms with E-state index in [1.165, 1.54) is 0 Å². The highest BCUT2D eigenvalue weighted by atomic mass is 31.1. The first-order valence-corrected chi connectivity index (χ1v) is 4.45. The fourth-order valence-electron chi connectivity index (χ4n) is 0.224. The second-order valence-electron chi connectivity index (χ2n) is 1.77. The van der Waals surface area contributed by atoms with Crippen LogP contribution in [0.15, 0.2) is 0 Å². The summed E-state index contributed by atoms with van der Waals surface area (Å²) in [6.45, 7) is 6.64. The Bertz CT molecular complexity index is 81.0. The molecule has 5 heteroatoms. The highest BCUT2D eigenvalue weighted by molar-refractivity contribution is 7.30. The van der Waals surface area contributed by atoms with Crippen molar-refractivity contribution in [2.45, 2.75) is 13.8 Å². The van der Waals surface area contributed by atoms with Gasteiger partial charge in [0.05, 0.1) is 0 Å². The second-order valence-corrected chi connectivity index (χ2v) is 2.34. The molecule has 0 spiro atoms. The Morgan fingerprint density at radius 2 is 1.50 bits per heavy atom. The lowest BCUT2D eigenvalue weighted by Crippen LogP contribution is -2.15. The van der Waals surface area contributed by atoms with Gasteiger partial charge in [-0.1, -0.05) is 13.8 Å². The molecule has 0 amide bonds. The fraction of sp³-hybridized carbons (Fsp3) is 1.00. The molecule has 0 saturated heterocycles. The Morgan fingerprint density at radius 3 is 1.50 bits per heavy atom. The van der Waals surface area contributed by atoms with Crippen LogP contribution in [-0.4, -0.2) is 34.8 Å². The highest BCUT2D eigenvalue weighted by Gasteiger charge is 1.81. The van der Waals surface area contributed by atoms with Gasteiger partial charge >= 0.3 is 8.25 Å². The maximum atomic E-state index is 8.74. The van der Waals surface area contributed by atoms with E-state index in [0.717, 1.165) is 13.1 Å². The molecule has 0 saturated carbocycles. The molecule has 0 fully saturated rings. The normalized spacial score (nSPS) is 9.50. The molecule has 0 aliphatic heterocycles. The molecule has 0 aliphatic rings. The topological polar surface area (TPSA) is 60.8 Å². The summed E-state index contributed by atoms with van der Waals surface area (Å²) in [5.74, 6) is 0. The van der Waals surface area contributed by atoms with Gasteiger partial charge in [0.15, 0.2) is 0 Å². The van der Waals surface area contributed by atoms with Crippen LogP contribution in [0.1, 0.15) is 13.8 Å². The van der Waals surface area contributed by atoms with Crippen molar-refractivity contribution in [3.63, 3.8) is 0 Å². The van der Waals surface area contributed by atoms with E-state index in [1.54, 1.807) is 0 Å². The Balaban J connectivity index is 0. The van der Waals surface area contributed by atoms with Crippen molar-refractivity contribution < 1.29 is 14.4 Å². The molecular weight excluding hydrogens is 153 g/mol. The highest BCUT2D eigenvalue weighted by Crippen LogP contribution is 1.98. The summed E-state index contributed by atoms with van der Waals surface area (Å²) < 4.78 is 8.74. The molecule has 0 rings (SSSR count). The van der Waals surface area contributed by atoms with E-state index >= 15 is 0 Å². The summed E-state index contributed by atoms with van der Waals surface area (Å²) in [5.41, 5.74) is 0. The van der Waals surface area contributed by atoms with Crippen molar-refractivity contribution in [3.05, 3.63) is 0 Å². The summed E-state index contributed by atoms with van der Waals surface area (Å²) in [6.07, 6.45) is 0. The van der Waals surface area contributed by atoms with Crippen LogP contribution >= 0.6 is 8.25 Å². The minimum atomic E-state index is -3.13. The standard InChI is InChI=1S/C5H13N.H3O3P/c1-4-6(3)5-2;1-4(2)3/h4-5H2,1-3H3;4H,(H2,1,2,3). The van der Waals surface area contributed by atoms with Gasteiger partial charge in [-0.2, -0.15) is 0 Å². The first kappa shape index (κ1) is 12.8. The summed E-state index contributed by atoms with van der Waals surface area (Å²) in [6, 6.07) is 0. The minimum absolute atomic E-state index is 1.16. The Hall–Kier alpha value is 0.110.